The van der Waals surface area contributed by atoms with Crippen LogP contribution in [-0.4, -0.2) is 15.1 Å². The Morgan fingerprint density at radius 3 is 2.56 bits per heavy atom. The van der Waals surface area contributed by atoms with Crippen LogP contribution in [0.25, 0.3) is 0 Å². The summed E-state index contributed by atoms with van der Waals surface area (Å²) in [5.74, 6) is 0. The van der Waals surface area contributed by atoms with Crippen LogP contribution in [0.15, 0.2) is 6.07 Å². The predicted octanol–water partition coefficient (Wildman–Crippen LogP) is 2.91. The van der Waals surface area contributed by atoms with E-state index >= 15 is 0 Å². The van der Waals surface area contributed by atoms with Crippen molar-refractivity contribution in [3.8, 4) is 0 Å². The molecule has 0 atom stereocenters. The molecule has 5 nitrogen and oxygen atoms in total. The summed E-state index contributed by atoms with van der Waals surface area (Å²) < 4.78 is 24.9. The van der Waals surface area contributed by atoms with Gasteiger partial charge < -0.3 is 0 Å². The number of pyridine rings is 1. The number of hydrogen-bond donors (Lipinski definition) is 0. The second-order valence-corrected chi connectivity index (χ2v) is 4.06. The highest BCUT2D eigenvalue weighted by Gasteiger charge is 2.28. The van der Waals surface area contributed by atoms with Crippen LogP contribution in [0.5, 0.6) is 0 Å². The first-order valence-corrected chi connectivity index (χ1v) is 5.13. The molecule has 0 fully saturated rings. The molecule has 0 amide bonds. The topological polar surface area (TPSA) is 73.1 Å². The van der Waals surface area contributed by atoms with Crippen molar-refractivity contribution in [1.29, 1.82) is 0 Å². The summed E-state index contributed by atoms with van der Waals surface area (Å²) >= 11 is 6.53. The summed E-state index contributed by atoms with van der Waals surface area (Å²) in [6, 6.07) is 0.986. The van der Waals surface area contributed by atoms with Crippen molar-refractivity contribution in [2.24, 2.45) is 0 Å². The van der Waals surface area contributed by atoms with Gasteiger partial charge in [-0.3, -0.25) is 14.9 Å². The number of nitrogens with zero attached hydrogens (tertiary/aromatic N) is 2. The third kappa shape index (κ3) is 2.61. The second-order valence-electron chi connectivity index (χ2n) is 2.55. The van der Waals surface area contributed by atoms with E-state index in [4.69, 9.17) is 11.6 Å². The molecule has 1 aromatic rings. The Balaban J connectivity index is 3.51. The average molecular weight is 362 g/mol. The number of hydrogen-bond acceptors (Lipinski definition) is 4. The molecule has 9 heteroatoms. The molecule has 0 unspecified atom stereocenters. The quantitative estimate of drug-likeness (QED) is 0.359. The number of aromatic nitrogens is 1. The van der Waals surface area contributed by atoms with Gasteiger partial charge in [0.2, 0.25) is 0 Å². The SMILES string of the molecule is O=C(Cl)c1cc(I)c([N+](=O)[O-])c(C(F)F)n1. The Labute approximate surface area is 106 Å². The molecule has 0 spiro atoms. The summed E-state index contributed by atoms with van der Waals surface area (Å²) in [6.45, 7) is 0. The minimum atomic E-state index is -3.15. The second kappa shape index (κ2) is 4.95. The van der Waals surface area contributed by atoms with Gasteiger partial charge in [0, 0.05) is 0 Å². The minimum absolute atomic E-state index is 0.114. The molecule has 0 saturated heterocycles. The molecule has 1 heterocycles. The van der Waals surface area contributed by atoms with Crippen molar-refractivity contribution >= 4 is 45.1 Å². The van der Waals surface area contributed by atoms with Crippen LogP contribution in [0.3, 0.4) is 0 Å². The lowest BCUT2D eigenvalue weighted by atomic mass is 10.2. The zero-order valence-electron chi connectivity index (χ0n) is 7.29. The fourth-order valence-electron chi connectivity index (χ4n) is 0.959. The predicted molar refractivity (Wildman–Crippen MR) is 58.7 cm³/mol. The number of carbonyl (C=O) groups is 1. The molecule has 1 rings (SSSR count). The zero-order chi connectivity index (χ0) is 12.5. The van der Waals surface area contributed by atoms with E-state index in [9.17, 15) is 23.7 Å². The van der Waals surface area contributed by atoms with Crippen LogP contribution in [-0.2, 0) is 0 Å². The Kier molecular flexibility index (Phi) is 4.08. The Morgan fingerprint density at radius 1 is 1.62 bits per heavy atom. The molecular formula is C7H2ClF2IN2O3. The number of carbonyl (C=O) groups excluding carboxylic acids is 1. The molecule has 0 saturated carbocycles. The van der Waals surface area contributed by atoms with E-state index in [2.05, 4.69) is 4.98 Å². The number of alkyl halides is 2. The van der Waals surface area contributed by atoms with Crippen molar-refractivity contribution in [2.45, 2.75) is 6.43 Å². The van der Waals surface area contributed by atoms with E-state index in [1.165, 1.54) is 22.6 Å². The van der Waals surface area contributed by atoms with Gasteiger partial charge in [-0.05, 0) is 40.3 Å². The Bertz CT molecular complexity index is 469. The molecule has 0 radical (unpaired) electrons. The van der Waals surface area contributed by atoms with Gasteiger partial charge in [-0.1, -0.05) is 0 Å². The molecule has 0 N–H and O–H groups in total. The van der Waals surface area contributed by atoms with E-state index in [1.807, 2.05) is 0 Å². The minimum Gasteiger partial charge on any atom is -0.274 e. The first kappa shape index (κ1) is 13.2. The van der Waals surface area contributed by atoms with Gasteiger partial charge in [0.05, 0.1) is 8.49 Å². The van der Waals surface area contributed by atoms with Crippen molar-refractivity contribution < 1.29 is 18.5 Å². The lowest BCUT2D eigenvalue weighted by molar-refractivity contribution is -0.387. The monoisotopic (exact) mass is 362 g/mol. The van der Waals surface area contributed by atoms with E-state index in [0.29, 0.717) is 0 Å². The fraction of sp³-hybridized carbons (Fsp3) is 0.143. The summed E-state index contributed by atoms with van der Waals surface area (Å²) in [6.07, 6.45) is -3.15. The van der Waals surface area contributed by atoms with Gasteiger partial charge in [-0.2, -0.15) is 0 Å². The number of nitro groups is 1. The van der Waals surface area contributed by atoms with E-state index in [-0.39, 0.29) is 3.57 Å². The van der Waals surface area contributed by atoms with Crippen molar-refractivity contribution in [3.05, 3.63) is 31.1 Å². The van der Waals surface area contributed by atoms with Crippen LogP contribution in [0.2, 0.25) is 0 Å². The fourth-order valence-corrected chi connectivity index (χ4v) is 1.82. The lowest BCUT2D eigenvalue weighted by Gasteiger charge is -2.04. The van der Waals surface area contributed by atoms with Crippen LogP contribution in [0, 0.1) is 13.7 Å². The molecule has 0 aromatic carbocycles. The van der Waals surface area contributed by atoms with Crippen LogP contribution in [0.1, 0.15) is 22.6 Å². The summed E-state index contributed by atoms with van der Waals surface area (Å²) in [4.78, 5) is 23.5. The molecule has 0 aliphatic heterocycles. The first-order valence-electron chi connectivity index (χ1n) is 3.67. The zero-order valence-corrected chi connectivity index (χ0v) is 10.2. The molecule has 1 aromatic heterocycles. The molecule has 0 aliphatic rings. The Hall–Kier alpha value is -0.900. The number of rotatable bonds is 3. The van der Waals surface area contributed by atoms with E-state index < -0.39 is 33.7 Å². The maximum atomic E-state index is 12.5. The van der Waals surface area contributed by atoms with Crippen molar-refractivity contribution in [3.63, 3.8) is 0 Å². The normalized spacial score (nSPS) is 10.6. The smallest absolute Gasteiger partial charge is 0.274 e. The van der Waals surface area contributed by atoms with Gasteiger partial charge >= 0.3 is 5.69 Å². The maximum Gasteiger partial charge on any atom is 0.309 e. The van der Waals surface area contributed by atoms with Gasteiger partial charge in [0.1, 0.15) is 5.69 Å². The largest absolute Gasteiger partial charge is 0.309 e. The number of halogens is 4. The standard InChI is InChI=1S/C7H2ClF2IN2O3/c8-6(14)3-1-2(11)5(13(15)16)4(12-3)7(9)10/h1,7H. The van der Waals surface area contributed by atoms with Crippen molar-refractivity contribution in [1.82, 2.24) is 4.98 Å². The van der Waals surface area contributed by atoms with Crippen LogP contribution < -0.4 is 0 Å². The highest BCUT2D eigenvalue weighted by atomic mass is 127. The van der Waals surface area contributed by atoms with Gasteiger partial charge in [-0.15, -0.1) is 0 Å². The molecule has 86 valence electrons. The molecule has 0 aliphatic carbocycles. The summed E-state index contributed by atoms with van der Waals surface area (Å²) in [5.41, 5.74) is -2.30. The highest BCUT2D eigenvalue weighted by molar-refractivity contribution is 14.1. The first-order chi connectivity index (χ1) is 7.34. The summed E-state index contributed by atoms with van der Waals surface area (Å²) in [5, 5.41) is 9.49. The van der Waals surface area contributed by atoms with Crippen LogP contribution >= 0.6 is 34.2 Å². The van der Waals surface area contributed by atoms with Crippen molar-refractivity contribution in [2.75, 3.05) is 0 Å². The Morgan fingerprint density at radius 2 is 2.19 bits per heavy atom. The van der Waals surface area contributed by atoms with Crippen LogP contribution in [0.4, 0.5) is 14.5 Å². The van der Waals surface area contributed by atoms with Gasteiger partial charge in [0.25, 0.3) is 11.7 Å². The van der Waals surface area contributed by atoms with E-state index in [1.54, 1.807) is 0 Å². The van der Waals surface area contributed by atoms with Gasteiger partial charge in [-0.25, -0.2) is 13.8 Å². The summed E-state index contributed by atoms with van der Waals surface area (Å²) in [7, 11) is 0. The lowest BCUT2D eigenvalue weighted by Crippen LogP contribution is -2.06. The average Bonchev–Trinajstić information content (AvgIpc) is 2.15. The highest BCUT2D eigenvalue weighted by Crippen LogP contribution is 2.32. The third-order valence-electron chi connectivity index (χ3n) is 1.56. The maximum absolute atomic E-state index is 12.5. The third-order valence-corrected chi connectivity index (χ3v) is 2.58. The molecular weight excluding hydrogens is 360 g/mol. The van der Waals surface area contributed by atoms with E-state index in [0.717, 1.165) is 6.07 Å². The molecule has 16 heavy (non-hydrogen) atoms. The van der Waals surface area contributed by atoms with Gasteiger partial charge in [0.15, 0.2) is 5.69 Å². The molecule has 0 bridgehead atoms.